The van der Waals surface area contributed by atoms with Crippen LogP contribution in [0.2, 0.25) is 0 Å². The van der Waals surface area contributed by atoms with E-state index in [2.05, 4.69) is 4.98 Å². The molecule has 3 rings (SSSR count). The van der Waals surface area contributed by atoms with Crippen LogP contribution >= 0.6 is 0 Å². The molecule has 1 aromatic heterocycles. The van der Waals surface area contributed by atoms with E-state index in [1.165, 1.54) is 24.4 Å². The monoisotopic (exact) mass is 282 g/mol. The number of hydrogen-bond acceptors (Lipinski definition) is 4. The van der Waals surface area contributed by atoms with Crippen molar-refractivity contribution < 1.29 is 19.5 Å². The molecule has 0 saturated carbocycles. The first-order valence-electron chi connectivity index (χ1n) is 6.18. The smallest absolute Gasteiger partial charge is 0.335 e. The summed E-state index contributed by atoms with van der Waals surface area (Å²) >= 11 is 0. The number of aromatic nitrogens is 1. The third kappa shape index (κ3) is 1.88. The number of carboxylic acid groups (broad SMARTS) is 1. The number of carboxylic acids is 1. The third-order valence-corrected chi connectivity index (χ3v) is 3.33. The fourth-order valence-corrected chi connectivity index (χ4v) is 2.33. The van der Waals surface area contributed by atoms with Gasteiger partial charge in [0.15, 0.2) is 0 Å². The summed E-state index contributed by atoms with van der Waals surface area (Å²) in [4.78, 5) is 40.5. The lowest BCUT2D eigenvalue weighted by atomic mass is 10.1. The molecule has 104 valence electrons. The van der Waals surface area contributed by atoms with Crippen LogP contribution in [0.1, 0.15) is 36.8 Å². The molecule has 2 aromatic rings. The molecule has 1 aromatic carbocycles. The van der Waals surface area contributed by atoms with Crippen LogP contribution in [0.15, 0.2) is 36.5 Å². The Labute approximate surface area is 119 Å². The van der Waals surface area contributed by atoms with E-state index in [4.69, 9.17) is 5.11 Å². The average molecular weight is 282 g/mol. The molecule has 1 N–H and O–H groups in total. The highest BCUT2D eigenvalue weighted by atomic mass is 16.4. The van der Waals surface area contributed by atoms with Crippen molar-refractivity contribution in [3.63, 3.8) is 0 Å². The van der Waals surface area contributed by atoms with Crippen LogP contribution in [0.25, 0.3) is 0 Å². The molecule has 1 aliphatic rings. The largest absolute Gasteiger partial charge is 0.478 e. The minimum Gasteiger partial charge on any atom is -0.478 e. The van der Waals surface area contributed by atoms with Gasteiger partial charge in [-0.25, -0.2) is 9.69 Å². The van der Waals surface area contributed by atoms with Crippen molar-refractivity contribution in [2.75, 3.05) is 4.90 Å². The molecule has 0 saturated heterocycles. The lowest BCUT2D eigenvalue weighted by molar-refractivity contribution is 0.0696. The minimum absolute atomic E-state index is 0.103. The molecule has 0 fully saturated rings. The maximum absolute atomic E-state index is 12.3. The Balaban J connectivity index is 2.09. The lowest BCUT2D eigenvalue weighted by Crippen LogP contribution is -2.30. The number of aromatic carboxylic acids is 1. The lowest BCUT2D eigenvalue weighted by Gasteiger charge is -2.16. The number of imide groups is 1. The Morgan fingerprint density at radius 3 is 2.57 bits per heavy atom. The van der Waals surface area contributed by atoms with E-state index in [-0.39, 0.29) is 16.8 Å². The molecular weight excluding hydrogens is 272 g/mol. The van der Waals surface area contributed by atoms with Crippen molar-refractivity contribution >= 4 is 23.5 Å². The Kier molecular flexibility index (Phi) is 2.79. The zero-order valence-corrected chi connectivity index (χ0v) is 11.0. The van der Waals surface area contributed by atoms with Crippen LogP contribution in [-0.2, 0) is 0 Å². The highest BCUT2D eigenvalue weighted by Gasteiger charge is 2.38. The number of benzene rings is 1. The second-order valence-electron chi connectivity index (χ2n) is 4.65. The molecule has 6 heteroatoms. The van der Waals surface area contributed by atoms with Gasteiger partial charge in [-0.05, 0) is 42.8 Å². The van der Waals surface area contributed by atoms with Crippen LogP contribution in [0.5, 0.6) is 0 Å². The number of rotatable bonds is 2. The summed E-state index contributed by atoms with van der Waals surface area (Å²) in [6, 6.07) is 7.38. The first-order chi connectivity index (χ1) is 10.0. The predicted octanol–water partition coefficient (Wildman–Crippen LogP) is 1.89. The zero-order chi connectivity index (χ0) is 15.1. The summed E-state index contributed by atoms with van der Waals surface area (Å²) in [6.07, 6.45) is 1.45. The van der Waals surface area contributed by atoms with Gasteiger partial charge in [0.1, 0.15) is 5.69 Å². The first-order valence-corrected chi connectivity index (χ1v) is 6.18. The number of carbonyl (C=O) groups is 3. The molecule has 6 nitrogen and oxygen atoms in total. The number of amides is 2. The van der Waals surface area contributed by atoms with Crippen LogP contribution in [0.4, 0.5) is 5.69 Å². The molecule has 0 radical (unpaired) electrons. The molecule has 2 heterocycles. The number of anilines is 1. The van der Waals surface area contributed by atoms with E-state index >= 15 is 0 Å². The molecule has 0 bridgehead atoms. The van der Waals surface area contributed by atoms with Gasteiger partial charge in [-0.15, -0.1) is 0 Å². The van der Waals surface area contributed by atoms with Crippen molar-refractivity contribution in [2.24, 2.45) is 0 Å². The highest BCUT2D eigenvalue weighted by molar-refractivity contribution is 6.33. The first kappa shape index (κ1) is 13.0. The Morgan fingerprint density at radius 1 is 1.19 bits per heavy atom. The van der Waals surface area contributed by atoms with Gasteiger partial charge in [0.25, 0.3) is 11.8 Å². The van der Waals surface area contributed by atoms with Crippen LogP contribution < -0.4 is 4.90 Å². The van der Waals surface area contributed by atoms with Crippen molar-refractivity contribution in [1.82, 2.24) is 4.98 Å². The van der Waals surface area contributed by atoms with E-state index in [1.807, 2.05) is 0 Å². The summed E-state index contributed by atoms with van der Waals surface area (Å²) in [5, 5.41) is 8.95. The second-order valence-corrected chi connectivity index (χ2v) is 4.65. The Morgan fingerprint density at radius 2 is 1.95 bits per heavy atom. The summed E-state index contributed by atoms with van der Waals surface area (Å²) in [5.74, 6) is -2.01. The van der Waals surface area contributed by atoms with Gasteiger partial charge in [0.2, 0.25) is 0 Å². The van der Waals surface area contributed by atoms with E-state index in [0.717, 1.165) is 4.90 Å². The van der Waals surface area contributed by atoms with Crippen molar-refractivity contribution in [2.45, 2.75) is 6.92 Å². The quantitative estimate of drug-likeness (QED) is 0.850. The van der Waals surface area contributed by atoms with Crippen LogP contribution in [-0.4, -0.2) is 27.9 Å². The number of carbonyl (C=O) groups excluding carboxylic acids is 2. The molecule has 1 aliphatic heterocycles. The molecule has 2 amide bonds. The fourth-order valence-electron chi connectivity index (χ4n) is 2.33. The van der Waals surface area contributed by atoms with Gasteiger partial charge in [0.05, 0.1) is 16.8 Å². The number of nitrogens with zero attached hydrogens (tertiary/aromatic N) is 2. The third-order valence-electron chi connectivity index (χ3n) is 3.33. The predicted molar refractivity (Wildman–Crippen MR) is 73.5 cm³/mol. The van der Waals surface area contributed by atoms with E-state index in [1.54, 1.807) is 19.1 Å². The van der Waals surface area contributed by atoms with Gasteiger partial charge in [-0.2, -0.15) is 0 Å². The normalized spacial score (nSPS) is 13.5. The molecule has 0 atom stereocenters. The Hall–Kier alpha value is -3.02. The van der Waals surface area contributed by atoms with Crippen molar-refractivity contribution in [3.8, 4) is 0 Å². The molecular formula is C15H10N2O4. The van der Waals surface area contributed by atoms with Crippen LogP contribution in [0.3, 0.4) is 0 Å². The zero-order valence-electron chi connectivity index (χ0n) is 11.0. The maximum Gasteiger partial charge on any atom is 0.335 e. The van der Waals surface area contributed by atoms with Gasteiger partial charge in [-0.3, -0.25) is 14.6 Å². The Bertz CT molecular complexity index is 763. The summed E-state index contributed by atoms with van der Waals surface area (Å²) in [7, 11) is 0. The average Bonchev–Trinajstić information content (AvgIpc) is 2.72. The van der Waals surface area contributed by atoms with Gasteiger partial charge >= 0.3 is 5.97 Å². The summed E-state index contributed by atoms with van der Waals surface area (Å²) < 4.78 is 0. The summed E-state index contributed by atoms with van der Waals surface area (Å²) in [6.45, 7) is 1.65. The maximum atomic E-state index is 12.3. The van der Waals surface area contributed by atoms with Gasteiger partial charge < -0.3 is 5.11 Å². The van der Waals surface area contributed by atoms with E-state index in [0.29, 0.717) is 11.3 Å². The highest BCUT2D eigenvalue weighted by Crippen LogP contribution is 2.29. The fraction of sp³-hybridized carbons (Fsp3) is 0.0667. The van der Waals surface area contributed by atoms with Gasteiger partial charge in [0, 0.05) is 6.20 Å². The summed E-state index contributed by atoms with van der Waals surface area (Å²) in [5.41, 5.74) is 1.37. The topological polar surface area (TPSA) is 87.6 Å². The SMILES string of the molecule is Cc1cc(C(=O)O)ccc1N1C(=O)c2cccnc2C1=O. The molecule has 0 aliphatic carbocycles. The standard InChI is InChI=1S/C15H10N2O4/c1-8-7-9(15(20)21)4-5-11(8)17-13(18)10-3-2-6-16-12(10)14(17)19/h2-7H,1H3,(H,20,21). The van der Waals surface area contributed by atoms with Gasteiger partial charge in [-0.1, -0.05) is 0 Å². The van der Waals surface area contributed by atoms with Crippen LogP contribution in [0, 0.1) is 6.92 Å². The van der Waals surface area contributed by atoms with E-state index in [9.17, 15) is 14.4 Å². The number of hydrogen-bond donors (Lipinski definition) is 1. The number of aryl methyl sites for hydroxylation is 1. The minimum atomic E-state index is -1.06. The molecule has 0 unspecified atom stereocenters. The molecule has 21 heavy (non-hydrogen) atoms. The van der Waals surface area contributed by atoms with Crippen molar-refractivity contribution in [1.29, 1.82) is 0 Å². The number of fused-ring (bicyclic) bond motifs is 1. The van der Waals surface area contributed by atoms with Crippen molar-refractivity contribution in [3.05, 3.63) is 58.9 Å². The van der Waals surface area contributed by atoms with E-state index < -0.39 is 17.8 Å². The number of pyridine rings is 1. The molecule has 0 spiro atoms. The second kappa shape index (κ2) is 4.52.